The molecule has 5 heteroatoms. The Bertz CT molecular complexity index is 669. The average molecular weight is 341 g/mol. The lowest BCUT2D eigenvalue weighted by atomic mass is 10.2. The number of thioether (sulfide) groups is 1. The molecular weight excluding hydrogens is 318 g/mol. The van der Waals surface area contributed by atoms with Crippen LogP contribution in [0.4, 0.5) is 0 Å². The standard InChI is InChI=1S/C19H23N3OS/c1-16-5-2-3-7-18(16)24-15-19(23)22-11-9-21(10-12-22)14-17-6-4-8-20-13-17/h2-8,13H,9-12,14-15H2,1H3. The molecule has 0 bridgehead atoms. The molecule has 0 radical (unpaired) electrons. The molecule has 1 fully saturated rings. The fourth-order valence-corrected chi connectivity index (χ4v) is 3.79. The lowest BCUT2D eigenvalue weighted by Gasteiger charge is -2.34. The van der Waals surface area contributed by atoms with E-state index < -0.39 is 0 Å². The average Bonchev–Trinajstić information content (AvgIpc) is 2.62. The highest BCUT2D eigenvalue weighted by molar-refractivity contribution is 8.00. The van der Waals surface area contributed by atoms with Gasteiger partial charge in [0.2, 0.25) is 5.91 Å². The number of nitrogens with zero attached hydrogens (tertiary/aromatic N) is 3. The molecule has 0 aliphatic carbocycles. The normalized spacial score (nSPS) is 15.5. The largest absolute Gasteiger partial charge is 0.339 e. The molecule has 24 heavy (non-hydrogen) atoms. The molecule has 0 saturated carbocycles. The Balaban J connectivity index is 1.44. The van der Waals surface area contributed by atoms with Crippen molar-refractivity contribution in [3.8, 4) is 0 Å². The van der Waals surface area contributed by atoms with Crippen molar-refractivity contribution in [1.29, 1.82) is 0 Å². The molecular formula is C19H23N3OS. The number of hydrogen-bond donors (Lipinski definition) is 0. The Morgan fingerprint density at radius 3 is 2.62 bits per heavy atom. The highest BCUT2D eigenvalue weighted by Gasteiger charge is 2.21. The van der Waals surface area contributed by atoms with Gasteiger partial charge in [-0.2, -0.15) is 0 Å². The topological polar surface area (TPSA) is 36.4 Å². The quantitative estimate of drug-likeness (QED) is 0.784. The van der Waals surface area contributed by atoms with E-state index in [0.717, 1.165) is 32.7 Å². The van der Waals surface area contributed by atoms with E-state index in [1.807, 2.05) is 29.3 Å². The van der Waals surface area contributed by atoms with E-state index in [2.05, 4.69) is 35.0 Å². The highest BCUT2D eigenvalue weighted by Crippen LogP contribution is 2.22. The number of piperazine rings is 1. The van der Waals surface area contributed by atoms with Crippen molar-refractivity contribution in [1.82, 2.24) is 14.8 Å². The molecule has 1 aliphatic heterocycles. The summed E-state index contributed by atoms with van der Waals surface area (Å²) in [7, 11) is 0. The summed E-state index contributed by atoms with van der Waals surface area (Å²) in [6, 6.07) is 12.3. The first-order chi connectivity index (χ1) is 11.7. The molecule has 2 heterocycles. The number of pyridine rings is 1. The summed E-state index contributed by atoms with van der Waals surface area (Å²) in [4.78, 5) is 22.2. The van der Waals surface area contributed by atoms with Crippen LogP contribution in [0.2, 0.25) is 0 Å². The summed E-state index contributed by atoms with van der Waals surface area (Å²) in [5, 5.41) is 0. The van der Waals surface area contributed by atoms with Crippen LogP contribution in [-0.4, -0.2) is 52.6 Å². The van der Waals surface area contributed by atoms with Crippen molar-refractivity contribution in [2.45, 2.75) is 18.4 Å². The third kappa shape index (κ3) is 4.58. The number of rotatable bonds is 5. The van der Waals surface area contributed by atoms with Gasteiger partial charge in [-0.25, -0.2) is 0 Å². The van der Waals surface area contributed by atoms with E-state index in [4.69, 9.17) is 0 Å². The van der Waals surface area contributed by atoms with Crippen LogP contribution in [0.5, 0.6) is 0 Å². The van der Waals surface area contributed by atoms with Gasteiger partial charge in [-0.15, -0.1) is 11.8 Å². The van der Waals surface area contributed by atoms with Gasteiger partial charge in [0.25, 0.3) is 0 Å². The zero-order chi connectivity index (χ0) is 16.8. The molecule has 126 valence electrons. The molecule has 1 saturated heterocycles. The smallest absolute Gasteiger partial charge is 0.233 e. The van der Waals surface area contributed by atoms with E-state index in [-0.39, 0.29) is 5.91 Å². The van der Waals surface area contributed by atoms with Crippen LogP contribution in [0.3, 0.4) is 0 Å². The van der Waals surface area contributed by atoms with Gasteiger partial charge in [0.05, 0.1) is 5.75 Å². The summed E-state index contributed by atoms with van der Waals surface area (Å²) < 4.78 is 0. The van der Waals surface area contributed by atoms with Gasteiger partial charge < -0.3 is 4.90 Å². The van der Waals surface area contributed by atoms with Crippen LogP contribution in [0.15, 0.2) is 53.7 Å². The van der Waals surface area contributed by atoms with Crippen molar-refractivity contribution < 1.29 is 4.79 Å². The van der Waals surface area contributed by atoms with Crippen LogP contribution >= 0.6 is 11.8 Å². The van der Waals surface area contributed by atoms with Crippen LogP contribution in [0, 0.1) is 6.92 Å². The van der Waals surface area contributed by atoms with Crippen LogP contribution in [-0.2, 0) is 11.3 Å². The van der Waals surface area contributed by atoms with Crippen molar-refractivity contribution in [3.05, 3.63) is 59.9 Å². The number of amides is 1. The summed E-state index contributed by atoms with van der Waals surface area (Å²) in [6.45, 7) is 6.48. The number of aromatic nitrogens is 1. The maximum Gasteiger partial charge on any atom is 0.233 e. The van der Waals surface area contributed by atoms with Crippen molar-refractivity contribution >= 4 is 17.7 Å². The van der Waals surface area contributed by atoms with Crippen LogP contribution in [0.25, 0.3) is 0 Å². The molecule has 1 aromatic heterocycles. The van der Waals surface area contributed by atoms with Gasteiger partial charge in [-0.3, -0.25) is 14.7 Å². The molecule has 0 N–H and O–H groups in total. The molecule has 0 atom stereocenters. The second-order valence-electron chi connectivity index (χ2n) is 6.07. The second-order valence-corrected chi connectivity index (χ2v) is 7.09. The monoisotopic (exact) mass is 341 g/mol. The summed E-state index contributed by atoms with van der Waals surface area (Å²) in [5.74, 6) is 0.761. The Kier molecular flexibility index (Phi) is 5.88. The van der Waals surface area contributed by atoms with Gasteiger partial charge in [0, 0.05) is 50.0 Å². The molecule has 1 amide bonds. The highest BCUT2D eigenvalue weighted by atomic mass is 32.2. The second kappa shape index (κ2) is 8.31. The number of carbonyl (C=O) groups is 1. The van der Waals surface area contributed by atoms with E-state index in [0.29, 0.717) is 5.75 Å². The molecule has 3 rings (SSSR count). The number of benzene rings is 1. The SMILES string of the molecule is Cc1ccccc1SCC(=O)N1CCN(Cc2cccnc2)CC1. The first kappa shape index (κ1) is 17.0. The van der Waals surface area contributed by atoms with E-state index in [9.17, 15) is 4.79 Å². The van der Waals surface area contributed by atoms with E-state index >= 15 is 0 Å². The van der Waals surface area contributed by atoms with Gasteiger partial charge in [-0.1, -0.05) is 24.3 Å². The zero-order valence-corrected chi connectivity index (χ0v) is 14.8. The Morgan fingerprint density at radius 2 is 1.92 bits per heavy atom. The molecule has 0 spiro atoms. The summed E-state index contributed by atoms with van der Waals surface area (Å²) >= 11 is 1.64. The molecule has 1 aliphatic rings. The summed E-state index contributed by atoms with van der Waals surface area (Å²) in [6.07, 6.45) is 3.71. The third-order valence-electron chi connectivity index (χ3n) is 4.30. The maximum atomic E-state index is 12.4. The Labute approximate surface area is 147 Å². The van der Waals surface area contributed by atoms with Gasteiger partial charge >= 0.3 is 0 Å². The van der Waals surface area contributed by atoms with E-state index in [1.165, 1.54) is 16.0 Å². The fourth-order valence-electron chi connectivity index (χ4n) is 2.85. The van der Waals surface area contributed by atoms with Crippen LogP contribution in [0.1, 0.15) is 11.1 Å². The predicted molar refractivity (Wildman–Crippen MR) is 98.0 cm³/mol. The van der Waals surface area contributed by atoms with Crippen molar-refractivity contribution in [3.63, 3.8) is 0 Å². The first-order valence-electron chi connectivity index (χ1n) is 8.30. The molecule has 1 aromatic carbocycles. The zero-order valence-electron chi connectivity index (χ0n) is 14.0. The molecule has 4 nitrogen and oxygen atoms in total. The minimum atomic E-state index is 0.240. The third-order valence-corrected chi connectivity index (χ3v) is 5.46. The lowest BCUT2D eigenvalue weighted by Crippen LogP contribution is -2.48. The lowest BCUT2D eigenvalue weighted by molar-refractivity contribution is -0.130. The first-order valence-corrected chi connectivity index (χ1v) is 9.28. The minimum Gasteiger partial charge on any atom is -0.339 e. The van der Waals surface area contributed by atoms with Gasteiger partial charge in [0.15, 0.2) is 0 Å². The Hall–Kier alpha value is -1.85. The van der Waals surface area contributed by atoms with Crippen LogP contribution < -0.4 is 0 Å². The number of carbonyl (C=O) groups excluding carboxylic acids is 1. The Morgan fingerprint density at radius 1 is 1.12 bits per heavy atom. The minimum absolute atomic E-state index is 0.240. The predicted octanol–water partition coefficient (Wildman–Crippen LogP) is 2.83. The maximum absolute atomic E-state index is 12.4. The van der Waals surface area contributed by atoms with Crippen molar-refractivity contribution in [2.24, 2.45) is 0 Å². The molecule has 0 unspecified atom stereocenters. The number of aryl methyl sites for hydroxylation is 1. The molecule has 2 aromatic rings. The number of hydrogen-bond acceptors (Lipinski definition) is 4. The van der Waals surface area contributed by atoms with E-state index in [1.54, 1.807) is 18.0 Å². The summed E-state index contributed by atoms with van der Waals surface area (Å²) in [5.41, 5.74) is 2.46. The van der Waals surface area contributed by atoms with Gasteiger partial charge in [0.1, 0.15) is 0 Å². The van der Waals surface area contributed by atoms with Crippen molar-refractivity contribution in [2.75, 3.05) is 31.9 Å². The van der Waals surface area contributed by atoms with Gasteiger partial charge in [-0.05, 0) is 30.2 Å². The fraction of sp³-hybridized carbons (Fsp3) is 0.368.